The largest absolute Gasteiger partial charge is 0.496 e. The minimum absolute atomic E-state index is 0.143. The van der Waals surface area contributed by atoms with Crippen LogP contribution in [-0.2, 0) is 7.05 Å². The van der Waals surface area contributed by atoms with Crippen molar-refractivity contribution in [3.63, 3.8) is 0 Å². The molecule has 31 heavy (non-hydrogen) atoms. The SMILES string of the molecule is COc1cc(=O)n(-c2ccccc2)cc1C(=O)N1CC(Oc2cc(C)n(C)c(=O)c2)C1. The van der Waals surface area contributed by atoms with Gasteiger partial charge in [0.1, 0.15) is 17.6 Å². The molecule has 0 N–H and O–H groups in total. The molecule has 0 unspecified atom stereocenters. The van der Waals surface area contributed by atoms with E-state index in [1.165, 1.54) is 34.6 Å². The smallest absolute Gasteiger partial charge is 0.259 e. The first-order chi connectivity index (χ1) is 14.9. The van der Waals surface area contributed by atoms with Crippen molar-refractivity contribution in [2.45, 2.75) is 13.0 Å². The molecule has 4 rings (SSSR count). The predicted octanol–water partition coefficient (Wildman–Crippen LogP) is 1.76. The second kappa shape index (κ2) is 8.14. The number of likely N-dealkylation sites (tertiary alicyclic amines) is 1. The Kier molecular flexibility index (Phi) is 5.37. The van der Waals surface area contributed by atoms with Crippen LogP contribution in [0, 0.1) is 6.92 Å². The van der Waals surface area contributed by atoms with Crippen LogP contribution in [0.1, 0.15) is 16.1 Å². The Balaban J connectivity index is 1.52. The van der Waals surface area contributed by atoms with Crippen molar-refractivity contribution >= 4 is 5.91 Å². The summed E-state index contributed by atoms with van der Waals surface area (Å²) in [6.45, 7) is 2.58. The molecule has 8 heteroatoms. The molecule has 3 heterocycles. The average Bonchev–Trinajstić information content (AvgIpc) is 2.74. The van der Waals surface area contributed by atoms with Gasteiger partial charge >= 0.3 is 0 Å². The summed E-state index contributed by atoms with van der Waals surface area (Å²) in [6, 6.07) is 13.6. The molecule has 0 bridgehead atoms. The number of hydrogen-bond acceptors (Lipinski definition) is 5. The number of rotatable bonds is 5. The van der Waals surface area contributed by atoms with Crippen molar-refractivity contribution in [3.8, 4) is 17.2 Å². The van der Waals surface area contributed by atoms with Crippen LogP contribution in [-0.4, -0.2) is 46.2 Å². The van der Waals surface area contributed by atoms with E-state index in [1.54, 1.807) is 30.1 Å². The molecular weight excluding hydrogens is 398 g/mol. The molecule has 1 fully saturated rings. The van der Waals surface area contributed by atoms with Crippen molar-refractivity contribution in [1.82, 2.24) is 14.0 Å². The molecule has 2 aromatic heterocycles. The van der Waals surface area contributed by atoms with Crippen LogP contribution < -0.4 is 20.6 Å². The number of amides is 1. The van der Waals surface area contributed by atoms with Crippen LogP contribution in [0.5, 0.6) is 11.5 Å². The van der Waals surface area contributed by atoms with E-state index in [1.807, 2.05) is 25.1 Å². The molecule has 0 saturated carbocycles. The van der Waals surface area contributed by atoms with E-state index >= 15 is 0 Å². The number of hydrogen-bond donors (Lipinski definition) is 0. The lowest BCUT2D eigenvalue weighted by Gasteiger charge is -2.39. The first-order valence-electron chi connectivity index (χ1n) is 9.87. The van der Waals surface area contributed by atoms with E-state index in [4.69, 9.17) is 9.47 Å². The maximum absolute atomic E-state index is 13.1. The highest BCUT2D eigenvalue weighted by Crippen LogP contribution is 2.24. The van der Waals surface area contributed by atoms with E-state index in [9.17, 15) is 14.4 Å². The Hall–Kier alpha value is -3.81. The second-order valence-electron chi connectivity index (χ2n) is 7.48. The zero-order chi connectivity index (χ0) is 22.1. The van der Waals surface area contributed by atoms with Gasteiger partial charge in [0.15, 0.2) is 0 Å². The Morgan fingerprint density at radius 3 is 2.39 bits per heavy atom. The number of ether oxygens (including phenoxy) is 2. The molecule has 160 valence electrons. The number of para-hydroxylation sites is 1. The first-order valence-corrected chi connectivity index (χ1v) is 9.87. The van der Waals surface area contributed by atoms with Crippen LogP contribution in [0.4, 0.5) is 0 Å². The minimum Gasteiger partial charge on any atom is -0.496 e. The van der Waals surface area contributed by atoms with Gasteiger partial charge in [-0.15, -0.1) is 0 Å². The second-order valence-corrected chi connectivity index (χ2v) is 7.48. The highest BCUT2D eigenvalue weighted by Gasteiger charge is 2.34. The molecule has 1 aliphatic heterocycles. The number of carbonyl (C=O) groups excluding carboxylic acids is 1. The van der Waals surface area contributed by atoms with Gasteiger partial charge in [0.25, 0.3) is 17.0 Å². The van der Waals surface area contributed by atoms with Crippen LogP contribution >= 0.6 is 0 Å². The molecular formula is C23H23N3O5. The van der Waals surface area contributed by atoms with Crippen molar-refractivity contribution in [2.75, 3.05) is 20.2 Å². The Bertz CT molecular complexity index is 1240. The molecule has 3 aromatic rings. The molecule has 0 radical (unpaired) electrons. The normalized spacial score (nSPS) is 13.6. The van der Waals surface area contributed by atoms with E-state index in [0.29, 0.717) is 30.1 Å². The van der Waals surface area contributed by atoms with E-state index in [2.05, 4.69) is 0 Å². The standard InChI is InChI=1S/C23H23N3O5/c1-15-9-17(10-21(27)24(15)2)31-18-12-25(13-18)23(29)19-14-26(16-7-5-4-6-8-16)22(28)11-20(19)30-3/h4-11,14,18H,12-13H2,1-3H3. The Morgan fingerprint density at radius 1 is 1.03 bits per heavy atom. The zero-order valence-electron chi connectivity index (χ0n) is 17.6. The van der Waals surface area contributed by atoms with Gasteiger partial charge in [0, 0.05) is 36.8 Å². The number of pyridine rings is 2. The van der Waals surface area contributed by atoms with Gasteiger partial charge in [-0.25, -0.2) is 0 Å². The van der Waals surface area contributed by atoms with Crippen LogP contribution in [0.15, 0.2) is 64.3 Å². The molecule has 1 amide bonds. The highest BCUT2D eigenvalue weighted by molar-refractivity contribution is 5.97. The van der Waals surface area contributed by atoms with Gasteiger partial charge in [0.2, 0.25) is 0 Å². The lowest BCUT2D eigenvalue weighted by atomic mass is 10.1. The summed E-state index contributed by atoms with van der Waals surface area (Å²) < 4.78 is 14.1. The highest BCUT2D eigenvalue weighted by atomic mass is 16.5. The topological polar surface area (TPSA) is 82.8 Å². The third-order valence-electron chi connectivity index (χ3n) is 5.41. The van der Waals surface area contributed by atoms with Crippen LogP contribution in [0.2, 0.25) is 0 Å². The fourth-order valence-electron chi connectivity index (χ4n) is 3.48. The Labute approximate surface area is 178 Å². The summed E-state index contributed by atoms with van der Waals surface area (Å²) in [6.07, 6.45) is 1.30. The monoisotopic (exact) mass is 421 g/mol. The van der Waals surface area contributed by atoms with Gasteiger partial charge in [-0.3, -0.25) is 19.0 Å². The summed E-state index contributed by atoms with van der Waals surface area (Å²) in [5, 5.41) is 0. The van der Waals surface area contributed by atoms with E-state index in [-0.39, 0.29) is 28.9 Å². The maximum atomic E-state index is 13.1. The summed E-state index contributed by atoms with van der Waals surface area (Å²) in [5.74, 6) is 0.475. The average molecular weight is 421 g/mol. The summed E-state index contributed by atoms with van der Waals surface area (Å²) in [7, 11) is 3.13. The van der Waals surface area contributed by atoms with Gasteiger partial charge in [0.05, 0.1) is 25.8 Å². The number of aromatic nitrogens is 2. The molecule has 1 saturated heterocycles. The van der Waals surface area contributed by atoms with Gasteiger partial charge in [-0.05, 0) is 25.1 Å². The molecule has 0 spiro atoms. The Morgan fingerprint density at radius 2 is 1.74 bits per heavy atom. The molecule has 8 nitrogen and oxygen atoms in total. The first kappa shape index (κ1) is 20.5. The van der Waals surface area contributed by atoms with Crippen molar-refractivity contribution < 1.29 is 14.3 Å². The summed E-state index contributed by atoms with van der Waals surface area (Å²) in [4.78, 5) is 39.1. The maximum Gasteiger partial charge on any atom is 0.259 e. The summed E-state index contributed by atoms with van der Waals surface area (Å²) >= 11 is 0. The third kappa shape index (κ3) is 3.96. The molecule has 1 aliphatic rings. The third-order valence-corrected chi connectivity index (χ3v) is 5.41. The lowest BCUT2D eigenvalue weighted by Crippen LogP contribution is -2.56. The number of carbonyl (C=O) groups is 1. The predicted molar refractivity (Wildman–Crippen MR) is 115 cm³/mol. The number of benzene rings is 1. The lowest BCUT2D eigenvalue weighted by molar-refractivity contribution is 0.0174. The van der Waals surface area contributed by atoms with Gasteiger partial charge < -0.3 is 18.9 Å². The summed E-state index contributed by atoms with van der Waals surface area (Å²) in [5.41, 5.74) is 1.33. The molecule has 1 aromatic carbocycles. The fraction of sp³-hybridized carbons (Fsp3) is 0.261. The number of methoxy groups -OCH3 is 1. The van der Waals surface area contributed by atoms with E-state index < -0.39 is 0 Å². The van der Waals surface area contributed by atoms with Crippen molar-refractivity contribution in [2.24, 2.45) is 7.05 Å². The number of aryl methyl sites for hydroxylation is 1. The fourth-order valence-corrected chi connectivity index (χ4v) is 3.48. The van der Waals surface area contributed by atoms with Crippen LogP contribution in [0.25, 0.3) is 5.69 Å². The minimum atomic E-state index is -0.287. The molecule has 0 atom stereocenters. The van der Waals surface area contributed by atoms with Crippen molar-refractivity contribution in [3.05, 3.63) is 86.7 Å². The van der Waals surface area contributed by atoms with Crippen molar-refractivity contribution in [1.29, 1.82) is 0 Å². The quantitative estimate of drug-likeness (QED) is 0.627. The molecule has 0 aliphatic carbocycles. The number of nitrogens with zero attached hydrogens (tertiary/aromatic N) is 3. The van der Waals surface area contributed by atoms with E-state index in [0.717, 1.165) is 5.69 Å². The van der Waals surface area contributed by atoms with Crippen LogP contribution in [0.3, 0.4) is 0 Å². The zero-order valence-corrected chi connectivity index (χ0v) is 17.6. The van der Waals surface area contributed by atoms with Gasteiger partial charge in [-0.1, -0.05) is 18.2 Å². The van der Waals surface area contributed by atoms with Gasteiger partial charge in [-0.2, -0.15) is 0 Å².